The number of thioether (sulfide) groups is 1. The largest absolute Gasteiger partial charge is 0.468 e. The van der Waals surface area contributed by atoms with Crippen molar-refractivity contribution in [1.82, 2.24) is 10.2 Å². The monoisotopic (exact) mass is 400 g/mol. The van der Waals surface area contributed by atoms with Crippen LogP contribution >= 0.6 is 27.7 Å². The Bertz CT molecular complexity index is 594. The van der Waals surface area contributed by atoms with E-state index in [-0.39, 0.29) is 29.6 Å². The standard InChI is InChI=1S/C15H17BrN2O4S/c1-22-15(21)12-9-18(6-7-23-12)13(19)8-17-14(20)10-2-4-11(16)5-3-10/h2-5,12H,6-9H2,1H3,(H,17,20)/t12-/m1/s1. The molecule has 1 aliphatic rings. The van der Waals surface area contributed by atoms with Crippen molar-refractivity contribution in [2.24, 2.45) is 0 Å². The molecule has 23 heavy (non-hydrogen) atoms. The van der Waals surface area contributed by atoms with Gasteiger partial charge in [-0.25, -0.2) is 0 Å². The van der Waals surface area contributed by atoms with E-state index in [2.05, 4.69) is 21.2 Å². The molecule has 8 heteroatoms. The molecule has 6 nitrogen and oxygen atoms in total. The van der Waals surface area contributed by atoms with Crippen LogP contribution < -0.4 is 5.32 Å². The summed E-state index contributed by atoms with van der Waals surface area (Å²) >= 11 is 4.78. The Labute approximate surface area is 147 Å². The number of nitrogens with zero attached hydrogens (tertiary/aromatic N) is 1. The normalized spacial score (nSPS) is 17.5. The average Bonchev–Trinajstić information content (AvgIpc) is 2.59. The van der Waals surface area contributed by atoms with Crippen LogP contribution in [0.1, 0.15) is 10.4 Å². The summed E-state index contributed by atoms with van der Waals surface area (Å²) in [6, 6.07) is 6.88. The smallest absolute Gasteiger partial charge is 0.320 e. The van der Waals surface area contributed by atoms with Crippen molar-refractivity contribution >= 4 is 45.5 Å². The zero-order valence-corrected chi connectivity index (χ0v) is 15.0. The van der Waals surface area contributed by atoms with Crippen molar-refractivity contribution in [3.63, 3.8) is 0 Å². The molecule has 0 bridgehead atoms. The summed E-state index contributed by atoms with van der Waals surface area (Å²) in [7, 11) is 1.34. The maximum Gasteiger partial charge on any atom is 0.320 e. The lowest BCUT2D eigenvalue weighted by Gasteiger charge is -2.31. The number of amides is 2. The van der Waals surface area contributed by atoms with Crippen LogP contribution in [0.3, 0.4) is 0 Å². The van der Waals surface area contributed by atoms with Gasteiger partial charge in [-0.05, 0) is 24.3 Å². The second kappa shape index (κ2) is 8.35. The molecule has 0 saturated carbocycles. The second-order valence-electron chi connectivity index (χ2n) is 4.91. The molecule has 0 aliphatic carbocycles. The number of nitrogens with one attached hydrogen (secondary N) is 1. The quantitative estimate of drug-likeness (QED) is 0.770. The van der Waals surface area contributed by atoms with Crippen molar-refractivity contribution < 1.29 is 19.1 Å². The topological polar surface area (TPSA) is 75.7 Å². The van der Waals surface area contributed by atoms with Crippen LogP contribution in [0, 0.1) is 0 Å². The Hall–Kier alpha value is -1.54. The Morgan fingerprint density at radius 2 is 2.04 bits per heavy atom. The lowest BCUT2D eigenvalue weighted by molar-refractivity contribution is -0.141. The van der Waals surface area contributed by atoms with Gasteiger partial charge in [-0.2, -0.15) is 0 Å². The summed E-state index contributed by atoms with van der Waals surface area (Å²) in [6.07, 6.45) is 0. The number of ether oxygens (including phenoxy) is 1. The minimum atomic E-state index is -0.361. The minimum Gasteiger partial charge on any atom is -0.468 e. The third kappa shape index (κ3) is 4.97. The maximum absolute atomic E-state index is 12.2. The molecule has 0 spiro atoms. The molecule has 124 valence electrons. The van der Waals surface area contributed by atoms with Crippen LogP contribution in [0.2, 0.25) is 0 Å². The average molecular weight is 401 g/mol. The lowest BCUT2D eigenvalue weighted by atomic mass is 10.2. The molecule has 1 aromatic carbocycles. The number of carbonyl (C=O) groups excluding carboxylic acids is 3. The first-order chi connectivity index (χ1) is 11.0. The molecule has 1 aliphatic heterocycles. The van der Waals surface area contributed by atoms with E-state index in [9.17, 15) is 14.4 Å². The van der Waals surface area contributed by atoms with Crippen molar-refractivity contribution in [3.05, 3.63) is 34.3 Å². The Kier molecular flexibility index (Phi) is 6.47. The van der Waals surface area contributed by atoms with Gasteiger partial charge in [0.2, 0.25) is 5.91 Å². The summed E-state index contributed by atoms with van der Waals surface area (Å²) in [5.41, 5.74) is 0.489. The van der Waals surface area contributed by atoms with E-state index in [1.807, 2.05) is 0 Å². The number of halogens is 1. The molecule has 1 heterocycles. The summed E-state index contributed by atoms with van der Waals surface area (Å²) in [5, 5.41) is 2.24. The summed E-state index contributed by atoms with van der Waals surface area (Å²) < 4.78 is 5.59. The van der Waals surface area contributed by atoms with Crippen molar-refractivity contribution in [2.75, 3.05) is 32.5 Å². The van der Waals surface area contributed by atoms with Gasteiger partial charge in [-0.15, -0.1) is 11.8 Å². The first-order valence-electron chi connectivity index (χ1n) is 7.02. The van der Waals surface area contributed by atoms with Gasteiger partial charge in [0.15, 0.2) is 0 Å². The van der Waals surface area contributed by atoms with Crippen molar-refractivity contribution in [1.29, 1.82) is 0 Å². The highest BCUT2D eigenvalue weighted by Crippen LogP contribution is 2.19. The number of benzene rings is 1. The van der Waals surface area contributed by atoms with Crippen LogP contribution in [-0.2, 0) is 14.3 Å². The van der Waals surface area contributed by atoms with Crippen LogP contribution in [-0.4, -0.2) is 60.4 Å². The van der Waals surface area contributed by atoms with Crippen LogP contribution in [0.5, 0.6) is 0 Å². The molecular formula is C15H17BrN2O4S. The fraction of sp³-hybridized carbons (Fsp3) is 0.400. The number of esters is 1. The third-order valence-electron chi connectivity index (χ3n) is 3.39. The van der Waals surface area contributed by atoms with Crippen LogP contribution in [0.25, 0.3) is 0 Å². The number of hydrogen-bond acceptors (Lipinski definition) is 5. The fourth-order valence-corrected chi connectivity index (χ4v) is 3.51. The highest BCUT2D eigenvalue weighted by molar-refractivity contribution is 9.10. The molecule has 0 radical (unpaired) electrons. The van der Waals surface area contributed by atoms with E-state index < -0.39 is 0 Å². The molecular weight excluding hydrogens is 384 g/mol. The number of methoxy groups -OCH3 is 1. The highest BCUT2D eigenvalue weighted by atomic mass is 79.9. The van der Waals surface area contributed by atoms with E-state index in [4.69, 9.17) is 4.74 Å². The lowest BCUT2D eigenvalue weighted by Crippen LogP contribution is -2.48. The molecule has 2 amide bonds. The molecule has 1 atom stereocenters. The van der Waals surface area contributed by atoms with Crippen LogP contribution in [0.4, 0.5) is 0 Å². The minimum absolute atomic E-state index is 0.0898. The Morgan fingerprint density at radius 3 is 2.70 bits per heavy atom. The van der Waals surface area contributed by atoms with Gasteiger partial charge in [0.25, 0.3) is 5.91 Å². The number of hydrogen-bond donors (Lipinski definition) is 1. The molecule has 2 rings (SSSR count). The van der Waals surface area contributed by atoms with Gasteiger partial charge in [0, 0.05) is 28.9 Å². The van der Waals surface area contributed by atoms with E-state index in [0.717, 1.165) is 4.47 Å². The SMILES string of the molecule is COC(=O)[C@H]1CN(C(=O)CNC(=O)c2ccc(Br)cc2)CCS1. The van der Waals surface area contributed by atoms with Gasteiger partial charge >= 0.3 is 5.97 Å². The number of rotatable bonds is 4. The van der Waals surface area contributed by atoms with Gasteiger partial charge in [0.05, 0.1) is 13.7 Å². The number of carbonyl (C=O) groups is 3. The van der Waals surface area contributed by atoms with Crippen molar-refractivity contribution in [2.45, 2.75) is 5.25 Å². The van der Waals surface area contributed by atoms with Gasteiger partial charge < -0.3 is 15.0 Å². The van der Waals surface area contributed by atoms with E-state index in [1.165, 1.54) is 18.9 Å². The van der Waals surface area contributed by atoms with Crippen LogP contribution in [0.15, 0.2) is 28.7 Å². The predicted octanol–water partition coefficient (Wildman–Crippen LogP) is 1.30. The molecule has 1 aromatic rings. The van der Waals surface area contributed by atoms with E-state index in [1.54, 1.807) is 29.2 Å². The zero-order chi connectivity index (χ0) is 16.8. The van der Waals surface area contributed by atoms with Crippen molar-refractivity contribution in [3.8, 4) is 0 Å². The predicted molar refractivity (Wildman–Crippen MR) is 91.3 cm³/mol. The first-order valence-corrected chi connectivity index (χ1v) is 8.86. The zero-order valence-electron chi connectivity index (χ0n) is 12.6. The summed E-state index contributed by atoms with van der Waals surface area (Å²) in [4.78, 5) is 37.3. The second-order valence-corrected chi connectivity index (χ2v) is 7.14. The first kappa shape index (κ1) is 17.8. The third-order valence-corrected chi connectivity index (χ3v) is 5.08. The Morgan fingerprint density at radius 1 is 1.35 bits per heavy atom. The molecule has 1 N–H and O–H groups in total. The van der Waals surface area contributed by atoms with E-state index in [0.29, 0.717) is 24.4 Å². The van der Waals surface area contributed by atoms with Gasteiger partial charge in [0.1, 0.15) is 5.25 Å². The summed E-state index contributed by atoms with van der Waals surface area (Å²) in [5.74, 6) is -0.163. The molecule has 1 saturated heterocycles. The fourth-order valence-electron chi connectivity index (χ4n) is 2.12. The maximum atomic E-state index is 12.2. The molecule has 0 aromatic heterocycles. The van der Waals surface area contributed by atoms with Gasteiger partial charge in [-0.1, -0.05) is 15.9 Å². The van der Waals surface area contributed by atoms with Gasteiger partial charge in [-0.3, -0.25) is 14.4 Å². The Balaban J connectivity index is 1.85. The molecule has 1 fully saturated rings. The molecule has 0 unspecified atom stereocenters. The highest BCUT2D eigenvalue weighted by Gasteiger charge is 2.29. The summed E-state index contributed by atoms with van der Waals surface area (Å²) in [6.45, 7) is 0.781. The van der Waals surface area contributed by atoms with E-state index >= 15 is 0 Å².